The third-order valence-electron chi connectivity index (χ3n) is 3.63. The van der Waals surface area contributed by atoms with Crippen molar-refractivity contribution in [3.63, 3.8) is 0 Å². The molecule has 2 nitrogen and oxygen atoms in total. The normalized spacial score (nSPS) is 20.2. The molecule has 0 spiro atoms. The molecule has 18 heavy (non-hydrogen) atoms. The van der Waals surface area contributed by atoms with Crippen LogP contribution >= 0.6 is 11.6 Å². The molecule has 1 aromatic rings. The summed E-state index contributed by atoms with van der Waals surface area (Å²) in [6.45, 7) is 5.45. The van der Waals surface area contributed by atoms with E-state index in [0.29, 0.717) is 12.0 Å². The van der Waals surface area contributed by atoms with Crippen LogP contribution in [0.15, 0.2) is 12.1 Å². The van der Waals surface area contributed by atoms with Crippen molar-refractivity contribution in [3.8, 4) is 5.75 Å². The molecular weight excluding hydrogens is 246 g/mol. The molecule has 1 atom stereocenters. The maximum Gasteiger partial charge on any atom is 0.140 e. The van der Waals surface area contributed by atoms with Crippen LogP contribution in [0.5, 0.6) is 5.75 Å². The fourth-order valence-electron chi connectivity index (χ4n) is 2.62. The van der Waals surface area contributed by atoms with Gasteiger partial charge in [-0.3, -0.25) is 0 Å². The first-order chi connectivity index (χ1) is 8.63. The van der Waals surface area contributed by atoms with Crippen LogP contribution in [0.1, 0.15) is 56.2 Å². The lowest BCUT2D eigenvalue weighted by Crippen LogP contribution is -2.26. The molecule has 1 N–H and O–H groups in total. The zero-order valence-electron chi connectivity index (χ0n) is 11.4. The van der Waals surface area contributed by atoms with Crippen molar-refractivity contribution in [2.24, 2.45) is 0 Å². The third-order valence-corrected chi connectivity index (χ3v) is 3.91. The molecule has 0 aliphatic carbocycles. The minimum absolute atomic E-state index is 0.418. The highest BCUT2D eigenvalue weighted by Gasteiger charge is 2.19. The second-order valence-electron chi connectivity index (χ2n) is 5.28. The molecule has 3 heteroatoms. The molecule has 0 aromatic heterocycles. The van der Waals surface area contributed by atoms with Gasteiger partial charge in [-0.05, 0) is 42.5 Å². The Morgan fingerprint density at radius 3 is 2.67 bits per heavy atom. The van der Waals surface area contributed by atoms with Gasteiger partial charge in [0.05, 0.1) is 12.1 Å². The van der Waals surface area contributed by atoms with E-state index >= 15 is 0 Å². The quantitative estimate of drug-likeness (QED) is 0.882. The first-order valence-electron chi connectivity index (χ1n) is 6.74. The summed E-state index contributed by atoms with van der Waals surface area (Å²) in [4.78, 5) is 0. The Bertz CT molecular complexity index is 411. The molecule has 1 saturated heterocycles. The minimum Gasteiger partial charge on any atom is -0.495 e. The van der Waals surface area contributed by atoms with Gasteiger partial charge in [0.1, 0.15) is 5.75 Å². The van der Waals surface area contributed by atoms with E-state index in [2.05, 4.69) is 31.3 Å². The lowest BCUT2D eigenvalue weighted by Gasteiger charge is -2.25. The number of methoxy groups -OCH3 is 1. The van der Waals surface area contributed by atoms with Crippen LogP contribution in [0.4, 0.5) is 0 Å². The zero-order chi connectivity index (χ0) is 13.1. The summed E-state index contributed by atoms with van der Waals surface area (Å²) in [6.07, 6.45) is 3.76. The number of nitrogens with one attached hydrogen (secondary N) is 1. The van der Waals surface area contributed by atoms with Crippen LogP contribution in [0.25, 0.3) is 0 Å². The molecule has 0 amide bonds. The first-order valence-corrected chi connectivity index (χ1v) is 7.12. The molecule has 1 aromatic carbocycles. The molecule has 1 unspecified atom stereocenters. The van der Waals surface area contributed by atoms with Crippen LogP contribution in [0.2, 0.25) is 5.02 Å². The van der Waals surface area contributed by atoms with E-state index in [9.17, 15) is 0 Å². The van der Waals surface area contributed by atoms with Gasteiger partial charge in [0.2, 0.25) is 0 Å². The molecule has 1 fully saturated rings. The molecule has 2 rings (SSSR count). The molecule has 1 aliphatic heterocycles. The Balaban J connectivity index is 2.37. The van der Waals surface area contributed by atoms with Crippen LogP contribution < -0.4 is 10.1 Å². The second kappa shape index (κ2) is 5.94. The van der Waals surface area contributed by atoms with Crippen molar-refractivity contribution in [3.05, 3.63) is 28.3 Å². The van der Waals surface area contributed by atoms with Crippen LogP contribution in [0, 0.1) is 0 Å². The van der Waals surface area contributed by atoms with Gasteiger partial charge >= 0.3 is 0 Å². The highest BCUT2D eigenvalue weighted by molar-refractivity contribution is 6.32. The van der Waals surface area contributed by atoms with Crippen molar-refractivity contribution in [1.82, 2.24) is 5.32 Å². The zero-order valence-corrected chi connectivity index (χ0v) is 12.2. The minimum atomic E-state index is 0.418. The van der Waals surface area contributed by atoms with E-state index in [4.69, 9.17) is 16.3 Å². The maximum absolute atomic E-state index is 6.35. The maximum atomic E-state index is 6.35. The topological polar surface area (TPSA) is 21.3 Å². The summed E-state index contributed by atoms with van der Waals surface area (Å²) in [7, 11) is 1.69. The van der Waals surface area contributed by atoms with Gasteiger partial charge in [-0.2, -0.15) is 0 Å². The van der Waals surface area contributed by atoms with Gasteiger partial charge in [-0.1, -0.05) is 37.9 Å². The van der Waals surface area contributed by atoms with Crippen molar-refractivity contribution in [2.45, 2.75) is 45.1 Å². The Kier molecular flexibility index (Phi) is 4.52. The third kappa shape index (κ3) is 2.81. The van der Waals surface area contributed by atoms with Crippen molar-refractivity contribution in [1.29, 1.82) is 0 Å². The number of hydrogen-bond acceptors (Lipinski definition) is 2. The predicted octanol–water partition coefficient (Wildman–Crippen LogP) is 4.29. The molecule has 100 valence electrons. The summed E-state index contributed by atoms with van der Waals surface area (Å²) < 4.78 is 5.43. The van der Waals surface area contributed by atoms with Gasteiger partial charge in [-0.25, -0.2) is 0 Å². The molecule has 0 saturated carbocycles. The summed E-state index contributed by atoms with van der Waals surface area (Å²) in [5.74, 6) is 1.24. The van der Waals surface area contributed by atoms with Gasteiger partial charge in [0.25, 0.3) is 0 Å². The largest absolute Gasteiger partial charge is 0.495 e. The fraction of sp³-hybridized carbons (Fsp3) is 0.600. The standard InChI is InChI=1S/C15H22ClNO/c1-10(2)12-8-11(9-13(16)15(12)18-3)14-6-4-5-7-17-14/h8-10,14,17H,4-7H2,1-3H3. The fourth-order valence-corrected chi connectivity index (χ4v) is 2.93. The van der Waals surface area contributed by atoms with E-state index < -0.39 is 0 Å². The number of rotatable bonds is 3. The molecule has 0 radical (unpaired) electrons. The Morgan fingerprint density at radius 1 is 1.33 bits per heavy atom. The van der Waals surface area contributed by atoms with Gasteiger partial charge in [0.15, 0.2) is 0 Å². The van der Waals surface area contributed by atoms with E-state index in [1.54, 1.807) is 7.11 Å². The van der Waals surface area contributed by atoms with Crippen LogP contribution in [-0.2, 0) is 0 Å². The van der Waals surface area contributed by atoms with Gasteiger partial charge in [0, 0.05) is 6.04 Å². The number of benzene rings is 1. The van der Waals surface area contributed by atoms with Crippen molar-refractivity contribution in [2.75, 3.05) is 13.7 Å². The van der Waals surface area contributed by atoms with E-state index in [-0.39, 0.29) is 0 Å². The molecular formula is C15H22ClNO. The smallest absolute Gasteiger partial charge is 0.140 e. The highest BCUT2D eigenvalue weighted by atomic mass is 35.5. The van der Waals surface area contributed by atoms with E-state index in [1.165, 1.54) is 30.4 Å². The first kappa shape index (κ1) is 13.7. The number of halogens is 1. The molecule has 1 aliphatic rings. The van der Waals surface area contributed by atoms with Crippen molar-refractivity contribution < 1.29 is 4.74 Å². The van der Waals surface area contributed by atoms with Crippen LogP contribution in [-0.4, -0.2) is 13.7 Å². The number of hydrogen-bond donors (Lipinski definition) is 1. The van der Waals surface area contributed by atoms with Crippen molar-refractivity contribution >= 4 is 11.6 Å². The van der Waals surface area contributed by atoms with Gasteiger partial charge in [-0.15, -0.1) is 0 Å². The van der Waals surface area contributed by atoms with Crippen LogP contribution in [0.3, 0.4) is 0 Å². The summed E-state index contributed by atoms with van der Waals surface area (Å²) >= 11 is 6.35. The number of ether oxygens (including phenoxy) is 1. The molecule has 1 heterocycles. The lowest BCUT2D eigenvalue weighted by molar-refractivity contribution is 0.401. The van der Waals surface area contributed by atoms with E-state index in [1.807, 2.05) is 0 Å². The Labute approximate surface area is 115 Å². The van der Waals surface area contributed by atoms with E-state index in [0.717, 1.165) is 17.3 Å². The summed E-state index contributed by atoms with van der Waals surface area (Å²) in [6, 6.07) is 4.74. The van der Waals surface area contributed by atoms with Gasteiger partial charge < -0.3 is 10.1 Å². The summed E-state index contributed by atoms with van der Waals surface area (Å²) in [5.41, 5.74) is 2.50. The SMILES string of the molecule is COc1c(Cl)cc(C2CCCCN2)cc1C(C)C. The monoisotopic (exact) mass is 267 g/mol. The molecule has 0 bridgehead atoms. The Morgan fingerprint density at radius 2 is 2.11 bits per heavy atom. The Hall–Kier alpha value is -0.730. The lowest BCUT2D eigenvalue weighted by atomic mass is 9.93. The average molecular weight is 268 g/mol. The highest BCUT2D eigenvalue weighted by Crippen LogP contribution is 2.37. The predicted molar refractivity (Wildman–Crippen MR) is 76.7 cm³/mol. The number of piperidine rings is 1. The summed E-state index contributed by atoms with van der Waals surface area (Å²) in [5, 5.41) is 4.29. The second-order valence-corrected chi connectivity index (χ2v) is 5.69. The average Bonchev–Trinajstić information content (AvgIpc) is 2.38.